The van der Waals surface area contributed by atoms with Gasteiger partial charge < -0.3 is 15.4 Å². The largest absolute Gasteiger partial charge is 0.481 e. The summed E-state index contributed by atoms with van der Waals surface area (Å²) < 4.78 is 5.63. The summed E-state index contributed by atoms with van der Waals surface area (Å²) in [6.07, 6.45) is 10.7. The molecule has 3 amide bonds. The smallest absolute Gasteiger partial charge is 0.277 e. The molecule has 2 aliphatic carbocycles. The van der Waals surface area contributed by atoms with E-state index in [4.69, 9.17) is 4.74 Å². The highest BCUT2D eigenvalue weighted by Crippen LogP contribution is 2.32. The molecular weight excluding hydrogens is 518 g/mol. The predicted octanol–water partition coefficient (Wildman–Crippen LogP) is 7.26. The van der Waals surface area contributed by atoms with Crippen molar-refractivity contribution in [2.45, 2.75) is 118 Å². The average molecular weight is 570 g/mol. The van der Waals surface area contributed by atoms with Gasteiger partial charge in [-0.15, -0.1) is 10.2 Å². The Bertz CT molecular complexity index is 1070. The third kappa shape index (κ3) is 9.13. The molecule has 0 spiro atoms. The highest BCUT2D eigenvalue weighted by atomic mass is 16.5. The molecule has 0 unspecified atom stereocenters. The lowest BCUT2D eigenvalue weighted by Gasteiger charge is -2.26. The summed E-state index contributed by atoms with van der Waals surface area (Å²) in [4.78, 5) is 40.7. The van der Waals surface area contributed by atoms with Gasteiger partial charge in [0, 0.05) is 18.6 Å². The van der Waals surface area contributed by atoms with E-state index in [1.54, 1.807) is 18.2 Å². The van der Waals surface area contributed by atoms with Crippen LogP contribution in [0.4, 0.5) is 5.69 Å². The number of hydrogen-bond donors (Lipinski definition) is 2. The molecule has 2 saturated carbocycles. The van der Waals surface area contributed by atoms with Gasteiger partial charge in [0.2, 0.25) is 11.6 Å². The van der Waals surface area contributed by atoms with E-state index >= 15 is 0 Å². The molecule has 0 saturated heterocycles. The van der Waals surface area contributed by atoms with Gasteiger partial charge in [0.05, 0.1) is 23.9 Å². The van der Waals surface area contributed by atoms with E-state index in [2.05, 4.69) is 20.9 Å². The third-order valence-electron chi connectivity index (χ3n) is 7.30. The molecule has 2 N–H and O–H groups in total. The van der Waals surface area contributed by atoms with Crippen LogP contribution in [0.5, 0.6) is 0 Å². The van der Waals surface area contributed by atoms with Crippen molar-refractivity contribution < 1.29 is 19.1 Å². The number of nitrogens with one attached hydrogen (secondary N) is 2. The van der Waals surface area contributed by atoms with Crippen molar-refractivity contribution in [2.75, 3.05) is 13.7 Å². The van der Waals surface area contributed by atoms with E-state index < -0.39 is 0 Å². The van der Waals surface area contributed by atoms with Crippen LogP contribution in [0.3, 0.4) is 0 Å². The van der Waals surface area contributed by atoms with Crippen molar-refractivity contribution in [3.8, 4) is 0 Å². The summed E-state index contributed by atoms with van der Waals surface area (Å²) in [5.74, 6) is -0.645. The molecule has 1 aromatic rings. The first-order chi connectivity index (χ1) is 19.9. The first-order valence-corrected chi connectivity index (χ1v) is 15.7. The molecule has 9 nitrogen and oxygen atoms in total. The lowest BCUT2D eigenvalue weighted by Crippen LogP contribution is -2.39. The Labute approximate surface area is 246 Å². The molecule has 1 aliphatic heterocycles. The van der Waals surface area contributed by atoms with Gasteiger partial charge in [-0.3, -0.25) is 19.3 Å². The zero-order chi connectivity index (χ0) is 30.4. The van der Waals surface area contributed by atoms with Crippen LogP contribution in [0.25, 0.3) is 0 Å². The number of hydrogen-bond acceptors (Lipinski definition) is 7. The number of rotatable bonds is 9. The number of imide groups is 1. The van der Waals surface area contributed by atoms with E-state index in [1.165, 1.54) is 24.9 Å². The SMILES string of the molecule is CC.CC.CO/C(NC1CCCCC1)=C(\N=Nc1cccc2c1C(=O)N(CC(C)C)C2=O)C(=O)NC1CCCCC1. The first kappa shape index (κ1) is 34.0. The van der Waals surface area contributed by atoms with Crippen molar-refractivity contribution in [1.29, 1.82) is 0 Å². The summed E-state index contributed by atoms with van der Waals surface area (Å²) in [6.45, 7) is 12.2. The maximum absolute atomic E-state index is 13.4. The molecule has 0 radical (unpaired) electrons. The molecule has 0 atom stereocenters. The van der Waals surface area contributed by atoms with Gasteiger partial charge in [0.25, 0.3) is 17.7 Å². The molecule has 2 fully saturated rings. The van der Waals surface area contributed by atoms with Gasteiger partial charge in [-0.25, -0.2) is 0 Å². The van der Waals surface area contributed by atoms with E-state index in [0.717, 1.165) is 51.4 Å². The lowest BCUT2D eigenvalue weighted by atomic mass is 9.95. The maximum atomic E-state index is 13.4. The second kappa shape index (κ2) is 17.6. The van der Waals surface area contributed by atoms with Crippen molar-refractivity contribution in [3.63, 3.8) is 0 Å². The summed E-state index contributed by atoms with van der Waals surface area (Å²) in [5.41, 5.74) is 0.847. The fourth-order valence-electron chi connectivity index (χ4n) is 5.38. The summed E-state index contributed by atoms with van der Waals surface area (Å²) in [7, 11) is 1.51. The third-order valence-corrected chi connectivity index (χ3v) is 7.30. The van der Waals surface area contributed by atoms with E-state index in [0.29, 0.717) is 12.1 Å². The van der Waals surface area contributed by atoms with Crippen LogP contribution in [0.1, 0.15) is 126 Å². The Morgan fingerprint density at radius 2 is 1.46 bits per heavy atom. The summed E-state index contributed by atoms with van der Waals surface area (Å²) >= 11 is 0. The van der Waals surface area contributed by atoms with Gasteiger partial charge in [0.15, 0.2) is 0 Å². The van der Waals surface area contributed by atoms with Crippen LogP contribution in [0.15, 0.2) is 40.0 Å². The second-order valence-electron chi connectivity index (χ2n) is 10.7. The van der Waals surface area contributed by atoms with Gasteiger partial charge in [-0.1, -0.05) is 86.1 Å². The molecule has 0 bridgehead atoms. The Kier molecular flexibility index (Phi) is 14.5. The molecule has 228 valence electrons. The number of carbonyl (C=O) groups excluding carboxylic acids is 3. The van der Waals surface area contributed by atoms with E-state index in [9.17, 15) is 14.4 Å². The lowest BCUT2D eigenvalue weighted by molar-refractivity contribution is -0.118. The molecule has 9 heteroatoms. The molecular formula is C32H51N5O4. The topological polar surface area (TPSA) is 112 Å². The van der Waals surface area contributed by atoms with Crippen LogP contribution in [0.2, 0.25) is 0 Å². The fourth-order valence-corrected chi connectivity index (χ4v) is 5.38. The van der Waals surface area contributed by atoms with Crippen LogP contribution >= 0.6 is 0 Å². The highest BCUT2D eigenvalue weighted by Gasteiger charge is 2.38. The maximum Gasteiger partial charge on any atom is 0.277 e. The Hall–Kier alpha value is -3.23. The van der Waals surface area contributed by atoms with Crippen LogP contribution in [0, 0.1) is 5.92 Å². The van der Waals surface area contributed by atoms with Gasteiger partial charge >= 0.3 is 0 Å². The Morgan fingerprint density at radius 1 is 0.902 bits per heavy atom. The van der Waals surface area contributed by atoms with Gasteiger partial charge in [0.1, 0.15) is 0 Å². The Balaban J connectivity index is 0.00000141. The standard InChI is InChI=1S/C28H39N5O4.2C2H6/c1-18(2)17-33-27(35)21-15-10-16-22(23(21)28(33)36)31-32-24(25(34)29-19-11-6-4-7-12-19)26(37-3)30-20-13-8-5-9-14-20;2*1-2/h10,15-16,18-20,30H,4-9,11-14,17H2,1-3H3,(H,29,34);2*1-2H3/b26-24-,32-31?;;. The normalized spacial score (nSPS) is 18.2. The van der Waals surface area contributed by atoms with Gasteiger partial charge in [-0.2, -0.15) is 0 Å². The molecule has 1 aromatic carbocycles. The molecule has 0 aromatic heterocycles. The molecule has 4 rings (SSSR count). The molecule has 1 heterocycles. The number of fused-ring (bicyclic) bond motifs is 1. The van der Waals surface area contributed by atoms with E-state index in [-0.39, 0.29) is 58.6 Å². The predicted molar refractivity (Wildman–Crippen MR) is 163 cm³/mol. The minimum absolute atomic E-state index is 0.0482. The van der Waals surface area contributed by atoms with Crippen molar-refractivity contribution >= 4 is 23.4 Å². The van der Waals surface area contributed by atoms with Crippen LogP contribution in [-0.4, -0.2) is 48.4 Å². The average Bonchev–Trinajstić information content (AvgIpc) is 3.24. The number of ether oxygens (including phenoxy) is 1. The molecule has 41 heavy (non-hydrogen) atoms. The monoisotopic (exact) mass is 569 g/mol. The summed E-state index contributed by atoms with van der Waals surface area (Å²) in [6, 6.07) is 5.24. The number of methoxy groups -OCH3 is 1. The van der Waals surface area contributed by atoms with Crippen molar-refractivity contribution in [3.05, 3.63) is 40.9 Å². The number of carbonyl (C=O) groups is 3. The number of nitrogens with zero attached hydrogens (tertiary/aromatic N) is 3. The van der Waals surface area contributed by atoms with Crippen LogP contribution in [-0.2, 0) is 9.53 Å². The first-order valence-electron chi connectivity index (χ1n) is 15.7. The number of azo groups is 1. The minimum atomic E-state index is -0.382. The van der Waals surface area contributed by atoms with Crippen molar-refractivity contribution in [2.24, 2.45) is 16.1 Å². The second-order valence-corrected chi connectivity index (χ2v) is 10.7. The van der Waals surface area contributed by atoms with Crippen molar-refractivity contribution in [1.82, 2.24) is 15.5 Å². The number of amides is 3. The highest BCUT2D eigenvalue weighted by molar-refractivity contribution is 6.23. The quantitative estimate of drug-likeness (QED) is 0.141. The summed E-state index contributed by atoms with van der Waals surface area (Å²) in [5, 5.41) is 15.2. The van der Waals surface area contributed by atoms with Crippen LogP contribution < -0.4 is 10.6 Å². The van der Waals surface area contributed by atoms with E-state index in [1.807, 2.05) is 41.5 Å². The Morgan fingerprint density at radius 3 is 2.00 bits per heavy atom. The zero-order valence-electron chi connectivity index (χ0n) is 26.2. The molecule has 3 aliphatic rings. The van der Waals surface area contributed by atoms with Gasteiger partial charge in [-0.05, 0) is 43.7 Å². The zero-order valence-corrected chi connectivity index (χ0v) is 26.2. The minimum Gasteiger partial charge on any atom is -0.481 e. The number of benzene rings is 1. The fraction of sp³-hybridized carbons (Fsp3) is 0.656.